The minimum Gasteiger partial charge on any atom is -0.333 e. The first kappa shape index (κ1) is 23.3. The molecule has 0 saturated heterocycles. The van der Waals surface area contributed by atoms with Gasteiger partial charge >= 0.3 is 6.09 Å². The summed E-state index contributed by atoms with van der Waals surface area (Å²) < 4.78 is 48.1. The zero-order chi connectivity index (χ0) is 18.1. The topological polar surface area (TPSA) is 105 Å². The molecule has 0 aliphatic rings. The fraction of sp³-hybridized carbons (Fsp3) is 0.800. The second-order valence-electron chi connectivity index (χ2n) is 4.42. The minimum atomic E-state index is -3.15. The summed E-state index contributed by atoms with van der Waals surface area (Å²) >= 11 is 3.63. The summed E-state index contributed by atoms with van der Waals surface area (Å²) in [7, 11) is 2.83. The fourth-order valence-electron chi connectivity index (χ4n) is 0.823. The van der Waals surface area contributed by atoms with E-state index in [1.807, 2.05) is 0 Å². The Balaban J connectivity index is 0. The molecule has 8 nitrogen and oxygen atoms in total. The van der Waals surface area contributed by atoms with Gasteiger partial charge in [-0.05, 0) is 0 Å². The average molecular weight is 364 g/mol. The van der Waals surface area contributed by atoms with E-state index >= 15 is 0 Å². The van der Waals surface area contributed by atoms with E-state index in [1.54, 1.807) is 0 Å². The Hall–Kier alpha value is -0.980. The van der Waals surface area contributed by atoms with Crippen molar-refractivity contribution >= 4 is 35.1 Å². The molecule has 0 saturated carbocycles. The molecule has 1 amide bonds. The number of halogens is 2. The number of amides is 1. The van der Waals surface area contributed by atoms with Gasteiger partial charge in [0.2, 0.25) is 0 Å². The number of nitrogens with zero attached hydrogens (tertiary/aromatic N) is 3. The van der Waals surface area contributed by atoms with Gasteiger partial charge in [-0.1, -0.05) is 12.1 Å². The lowest BCUT2D eigenvalue weighted by Gasteiger charge is -2.16. The summed E-state index contributed by atoms with van der Waals surface area (Å²) in [6.07, 6.45) is -2.59. The predicted molar refractivity (Wildman–Crippen MR) is 83.4 cm³/mol. The fourth-order valence-corrected chi connectivity index (χ4v) is 1.55. The van der Waals surface area contributed by atoms with E-state index in [0.717, 1.165) is 14.8 Å². The molecule has 2 atom stereocenters. The van der Waals surface area contributed by atoms with Crippen molar-refractivity contribution in [2.75, 3.05) is 28.2 Å². The van der Waals surface area contributed by atoms with Crippen molar-refractivity contribution in [2.24, 2.45) is 16.8 Å². The van der Waals surface area contributed by atoms with Crippen LogP contribution in [0.1, 0.15) is 6.92 Å². The Morgan fingerprint density at radius 3 is 1.91 bits per heavy atom. The van der Waals surface area contributed by atoms with Gasteiger partial charge < -0.3 is 5.73 Å². The third kappa shape index (κ3) is 9.87. The monoisotopic (exact) mass is 364 g/mol. The van der Waals surface area contributed by atoms with Crippen molar-refractivity contribution < 1.29 is 26.8 Å². The maximum absolute atomic E-state index is 12.0. The van der Waals surface area contributed by atoms with E-state index in [4.69, 9.17) is 0 Å². The lowest BCUT2D eigenvalue weighted by atomic mass is 10.1. The summed E-state index contributed by atoms with van der Waals surface area (Å²) in [5, 5.41) is 1.95. The largest absolute Gasteiger partial charge is 0.430 e. The highest BCUT2D eigenvalue weighted by Gasteiger charge is 2.21. The van der Waals surface area contributed by atoms with E-state index < -0.39 is 33.9 Å². The molecule has 132 valence electrons. The van der Waals surface area contributed by atoms with Crippen molar-refractivity contribution in [3.8, 4) is 0 Å². The number of hydrogen-bond donors (Lipinski definition) is 2. The molecule has 0 aromatic heterocycles. The van der Waals surface area contributed by atoms with Gasteiger partial charge in [-0.25, -0.2) is 13.6 Å². The molecule has 0 spiro atoms. The molecule has 0 aromatic carbocycles. The van der Waals surface area contributed by atoms with Crippen molar-refractivity contribution in [3.63, 3.8) is 0 Å². The number of thiol groups is 1. The molecule has 0 aliphatic heterocycles. The van der Waals surface area contributed by atoms with Gasteiger partial charge in [0.25, 0.3) is 16.6 Å². The highest BCUT2D eigenvalue weighted by atomic mass is 32.2. The molecule has 12 heteroatoms. The van der Waals surface area contributed by atoms with E-state index in [9.17, 15) is 22.0 Å². The maximum atomic E-state index is 12.0. The van der Waals surface area contributed by atoms with Crippen molar-refractivity contribution in [1.82, 2.24) is 8.61 Å². The van der Waals surface area contributed by atoms with E-state index in [0.29, 0.717) is 0 Å². The first-order valence-electron chi connectivity index (χ1n) is 5.90. The van der Waals surface area contributed by atoms with Crippen LogP contribution in [0, 0.1) is 5.92 Å². The molecule has 0 rings (SSSR count). The van der Waals surface area contributed by atoms with Gasteiger partial charge in [0.05, 0.1) is 5.25 Å². The summed E-state index contributed by atoms with van der Waals surface area (Å²) in [5.41, 5.74) is 4.57. The highest BCUT2D eigenvalue weighted by molar-refractivity contribution is 7.86. The number of primary amides is 1. The van der Waals surface area contributed by atoms with Crippen LogP contribution in [0.4, 0.5) is 13.6 Å². The van der Waals surface area contributed by atoms with Gasteiger partial charge in [-0.3, -0.25) is 4.84 Å². The Bertz CT molecular complexity index is 444. The van der Waals surface area contributed by atoms with E-state index in [2.05, 4.69) is 28.4 Å². The maximum Gasteiger partial charge on any atom is 0.430 e. The zero-order valence-electron chi connectivity index (χ0n) is 13.0. The predicted octanol–water partition coefficient (Wildman–Crippen LogP) is 0.622. The molecule has 0 bridgehead atoms. The number of rotatable bonds is 6. The van der Waals surface area contributed by atoms with Crippen molar-refractivity contribution in [3.05, 3.63) is 0 Å². The molecule has 0 fully saturated rings. The highest BCUT2D eigenvalue weighted by Crippen LogP contribution is 2.16. The summed E-state index contributed by atoms with van der Waals surface area (Å²) in [4.78, 5) is 14.0. The molecule has 0 aliphatic carbocycles. The molecule has 0 heterocycles. The normalized spacial score (nSPS) is 14.9. The average Bonchev–Trinajstić information content (AvgIpc) is 2.37. The van der Waals surface area contributed by atoms with Crippen LogP contribution in [0.15, 0.2) is 5.16 Å². The van der Waals surface area contributed by atoms with E-state index in [1.165, 1.54) is 35.1 Å². The summed E-state index contributed by atoms with van der Waals surface area (Å²) in [5.74, 6) is -0.609. The second-order valence-corrected chi connectivity index (χ2v) is 7.37. The number of alkyl halides is 2. The van der Waals surface area contributed by atoms with Gasteiger partial charge in [-0.2, -0.15) is 29.7 Å². The van der Waals surface area contributed by atoms with Gasteiger partial charge in [0, 0.05) is 40.3 Å². The molecule has 22 heavy (non-hydrogen) atoms. The molecular formula is C10H22F2N4O4S2. The molecule has 2 N–H and O–H groups in total. The smallest absolute Gasteiger partial charge is 0.333 e. The Kier molecular flexibility index (Phi) is 11.3. The first-order valence-corrected chi connectivity index (χ1v) is 7.81. The molecule has 0 radical (unpaired) electrons. The van der Waals surface area contributed by atoms with Crippen LogP contribution < -0.4 is 5.73 Å². The Labute approximate surface area is 134 Å². The number of carbonyl (C=O) groups is 1. The Morgan fingerprint density at radius 2 is 1.68 bits per heavy atom. The van der Waals surface area contributed by atoms with Crippen molar-refractivity contribution in [1.29, 1.82) is 0 Å². The van der Waals surface area contributed by atoms with Gasteiger partial charge in [0.1, 0.15) is 0 Å². The van der Waals surface area contributed by atoms with Gasteiger partial charge in [0.15, 0.2) is 0 Å². The van der Waals surface area contributed by atoms with Gasteiger partial charge in [-0.15, -0.1) is 0 Å². The third-order valence-electron chi connectivity index (χ3n) is 2.16. The molecule has 0 aromatic rings. The van der Waals surface area contributed by atoms with Crippen LogP contribution >= 0.6 is 12.6 Å². The Morgan fingerprint density at radius 1 is 1.27 bits per heavy atom. The van der Waals surface area contributed by atoms with Crippen LogP contribution in [0.3, 0.4) is 0 Å². The first-order chi connectivity index (χ1) is 9.83. The number of hydrogen-bond acceptors (Lipinski definition) is 6. The number of oxime groups is 1. The van der Waals surface area contributed by atoms with Crippen LogP contribution in [-0.2, 0) is 15.0 Å². The molecule has 2 unspecified atom stereocenters. The van der Waals surface area contributed by atoms with Crippen LogP contribution in [-0.4, -0.2) is 69.2 Å². The van der Waals surface area contributed by atoms with Crippen LogP contribution in [0.5, 0.6) is 0 Å². The van der Waals surface area contributed by atoms with Crippen LogP contribution in [0.25, 0.3) is 0 Å². The zero-order valence-corrected chi connectivity index (χ0v) is 14.7. The second kappa shape index (κ2) is 10.7. The number of carbonyl (C=O) groups excluding carboxylic acids is 1. The van der Waals surface area contributed by atoms with Crippen molar-refractivity contribution in [2.45, 2.75) is 18.6 Å². The van der Waals surface area contributed by atoms with E-state index in [-0.39, 0.29) is 0 Å². The third-order valence-corrected chi connectivity index (χ3v) is 4.70. The SMILES string of the molecule is CC(C=NOC(N)=O)C(S)C(F)F.CN(C)S(=O)(=O)N(C)C. The molecular weight excluding hydrogens is 342 g/mol. The quantitative estimate of drug-likeness (QED) is 0.312. The lowest BCUT2D eigenvalue weighted by molar-refractivity contribution is 0.136. The minimum absolute atomic E-state index is 0.609. The summed E-state index contributed by atoms with van der Waals surface area (Å²) in [6.45, 7) is 1.47. The van der Waals surface area contributed by atoms with Crippen LogP contribution in [0.2, 0.25) is 0 Å². The summed E-state index contributed by atoms with van der Waals surface area (Å²) in [6, 6.07) is 0. The lowest BCUT2D eigenvalue weighted by Crippen LogP contribution is -2.34. The number of nitrogens with two attached hydrogens (primary N) is 1. The standard InChI is InChI=1S/C6H10F2N2O2S.C4H12N2O2S/c1-3(4(13)5(7)8)2-10-12-6(9)11;1-5(2)9(7,8)6(3)4/h2-5,13H,1H3,(H2,9,11);1-4H3.